The van der Waals surface area contributed by atoms with E-state index in [1.807, 2.05) is 6.08 Å². The number of alkyl halides is 3. The number of likely N-dealkylation sites (tertiary alicyclic amines) is 1. The Morgan fingerprint density at radius 2 is 2.15 bits per heavy atom. The molecule has 1 fully saturated rings. The topological polar surface area (TPSA) is 59.0 Å². The second-order valence-electron chi connectivity index (χ2n) is 7.80. The van der Waals surface area contributed by atoms with Crippen molar-refractivity contribution in [3.63, 3.8) is 0 Å². The lowest BCUT2D eigenvalue weighted by Crippen LogP contribution is -2.64. The number of benzene rings is 1. The van der Waals surface area contributed by atoms with Crippen molar-refractivity contribution in [3.05, 3.63) is 35.4 Å². The molecule has 8 heteroatoms. The summed E-state index contributed by atoms with van der Waals surface area (Å²) in [7, 11) is 2.06. The number of carbonyl (C=O) groups excluding carboxylic acids is 1. The van der Waals surface area contributed by atoms with E-state index in [0.717, 1.165) is 24.1 Å². The number of rotatable bonds is 1. The lowest BCUT2D eigenvalue weighted by molar-refractivity contribution is -0.189. The Bertz CT molecular complexity index is 867. The van der Waals surface area contributed by atoms with Crippen LogP contribution >= 0.6 is 0 Å². The molecule has 5 rings (SSSR count). The smallest absolute Gasteiger partial charge is 0.482 e. The van der Waals surface area contributed by atoms with Gasteiger partial charge in [0.15, 0.2) is 11.5 Å². The third-order valence-corrected chi connectivity index (χ3v) is 6.57. The van der Waals surface area contributed by atoms with Gasteiger partial charge in [-0.25, -0.2) is 4.79 Å². The van der Waals surface area contributed by atoms with Gasteiger partial charge in [-0.05, 0) is 38.1 Å². The summed E-state index contributed by atoms with van der Waals surface area (Å²) in [4.78, 5) is 13.6. The van der Waals surface area contributed by atoms with Gasteiger partial charge in [0.25, 0.3) is 0 Å². The van der Waals surface area contributed by atoms with Crippen molar-refractivity contribution in [1.29, 1.82) is 0 Å². The molecule has 0 saturated carbocycles. The summed E-state index contributed by atoms with van der Waals surface area (Å²) in [6, 6.07) is 3.32. The quantitative estimate of drug-likeness (QED) is 0.458. The fourth-order valence-corrected chi connectivity index (χ4v) is 5.47. The molecule has 2 heterocycles. The fraction of sp³-hybridized carbons (Fsp3) is 0.526. The molecule has 144 valence electrons. The van der Waals surface area contributed by atoms with Crippen LogP contribution in [0.1, 0.15) is 17.5 Å². The van der Waals surface area contributed by atoms with E-state index in [4.69, 9.17) is 4.74 Å². The Balaban J connectivity index is 1.67. The van der Waals surface area contributed by atoms with Gasteiger partial charge < -0.3 is 19.5 Å². The zero-order valence-electron chi connectivity index (χ0n) is 14.5. The molecule has 1 saturated heterocycles. The minimum absolute atomic E-state index is 0.0898. The minimum Gasteiger partial charge on any atom is -0.482 e. The van der Waals surface area contributed by atoms with Gasteiger partial charge in [-0.15, -0.1) is 0 Å². The van der Waals surface area contributed by atoms with Gasteiger partial charge in [0, 0.05) is 22.9 Å². The highest BCUT2D eigenvalue weighted by Crippen LogP contribution is 2.62. The van der Waals surface area contributed by atoms with Gasteiger partial charge in [0.1, 0.15) is 12.2 Å². The number of piperidine rings is 1. The molecule has 0 radical (unpaired) electrons. The number of hydrogen-bond donors (Lipinski definition) is 1. The monoisotopic (exact) mass is 381 g/mol. The standard InChI is InChI=1S/C19H18F3NO4/c1-23-7-6-18-10-3-4-12(24)16(18)27-15-13(26-17(25)19(20,21)22)5-2-9(14(15)18)8-11(10)23/h2-5,10-12,16,24H,6-8H2,1H3/t10-,11+,12-,16-,18-/m0/s1. The normalized spacial score (nSPS) is 36.2. The Kier molecular flexibility index (Phi) is 3.32. The van der Waals surface area contributed by atoms with Crippen molar-refractivity contribution in [1.82, 2.24) is 4.90 Å². The number of hydrogen-bond acceptors (Lipinski definition) is 5. The van der Waals surface area contributed by atoms with E-state index in [9.17, 15) is 23.1 Å². The molecule has 0 aromatic heterocycles. The summed E-state index contributed by atoms with van der Waals surface area (Å²) in [6.07, 6.45) is -1.38. The van der Waals surface area contributed by atoms with Crippen molar-refractivity contribution >= 4 is 5.97 Å². The number of carbonyl (C=O) groups is 1. The van der Waals surface area contributed by atoms with Crippen LogP contribution in [0.3, 0.4) is 0 Å². The Morgan fingerprint density at radius 3 is 2.89 bits per heavy atom. The Morgan fingerprint density at radius 1 is 1.37 bits per heavy atom. The zero-order chi connectivity index (χ0) is 19.1. The molecule has 0 amide bonds. The first-order chi connectivity index (χ1) is 12.7. The van der Waals surface area contributed by atoms with Crippen LogP contribution in [0.5, 0.6) is 11.5 Å². The predicted octanol–water partition coefficient (Wildman–Crippen LogP) is 1.96. The molecule has 5 atom stereocenters. The summed E-state index contributed by atoms with van der Waals surface area (Å²) in [6.45, 7) is 0.799. The van der Waals surface area contributed by atoms with Gasteiger partial charge in [-0.2, -0.15) is 13.2 Å². The van der Waals surface area contributed by atoms with Gasteiger partial charge in [-0.1, -0.05) is 18.2 Å². The number of halogens is 3. The molecule has 1 N–H and O–H groups in total. The number of ether oxygens (including phenoxy) is 2. The maximum Gasteiger partial charge on any atom is 0.491 e. The molecule has 27 heavy (non-hydrogen) atoms. The van der Waals surface area contributed by atoms with Crippen molar-refractivity contribution in [2.45, 2.75) is 42.7 Å². The van der Waals surface area contributed by atoms with E-state index in [1.165, 1.54) is 6.07 Å². The highest BCUT2D eigenvalue weighted by Gasteiger charge is 2.64. The van der Waals surface area contributed by atoms with Crippen molar-refractivity contribution in [2.75, 3.05) is 13.6 Å². The highest BCUT2D eigenvalue weighted by atomic mass is 19.4. The van der Waals surface area contributed by atoms with E-state index in [2.05, 4.69) is 16.7 Å². The molecule has 2 aliphatic heterocycles. The van der Waals surface area contributed by atoms with Gasteiger partial charge in [0.05, 0.1) is 0 Å². The molecule has 2 aliphatic carbocycles. The number of aliphatic hydroxyl groups excluding tert-OH is 1. The fourth-order valence-electron chi connectivity index (χ4n) is 5.47. The Hall–Kier alpha value is -2.06. The molecule has 2 bridgehead atoms. The van der Waals surface area contributed by atoms with Crippen LogP contribution in [0.4, 0.5) is 13.2 Å². The molecule has 1 aromatic rings. The number of aliphatic hydroxyl groups is 1. The SMILES string of the molecule is CN1CC[C@]23c4c5ccc(OC(=O)C(F)(F)F)c4O[C@H]2[C@@H](O)C=C[C@H]3[C@H]1C5. The van der Waals surface area contributed by atoms with Crippen LogP contribution in [-0.2, 0) is 16.6 Å². The van der Waals surface area contributed by atoms with Crippen molar-refractivity contribution in [2.24, 2.45) is 5.92 Å². The van der Waals surface area contributed by atoms with Gasteiger partial charge in [0.2, 0.25) is 0 Å². The summed E-state index contributed by atoms with van der Waals surface area (Å²) < 4.78 is 48.7. The van der Waals surface area contributed by atoms with E-state index >= 15 is 0 Å². The third kappa shape index (κ3) is 2.11. The van der Waals surface area contributed by atoms with E-state index < -0.39 is 29.8 Å². The molecular weight excluding hydrogens is 363 g/mol. The molecule has 5 nitrogen and oxygen atoms in total. The second kappa shape index (κ2) is 5.26. The predicted molar refractivity (Wildman–Crippen MR) is 87.6 cm³/mol. The van der Waals surface area contributed by atoms with E-state index in [0.29, 0.717) is 6.42 Å². The van der Waals surface area contributed by atoms with Crippen LogP contribution in [-0.4, -0.2) is 54.0 Å². The largest absolute Gasteiger partial charge is 0.491 e. The van der Waals surface area contributed by atoms with E-state index in [1.54, 1.807) is 12.1 Å². The van der Waals surface area contributed by atoms with Crippen molar-refractivity contribution in [3.8, 4) is 11.5 Å². The second-order valence-corrected chi connectivity index (χ2v) is 7.80. The van der Waals surface area contributed by atoms with Gasteiger partial charge in [-0.3, -0.25) is 0 Å². The third-order valence-electron chi connectivity index (χ3n) is 6.57. The number of nitrogens with zero attached hydrogens (tertiary/aromatic N) is 1. The first-order valence-corrected chi connectivity index (χ1v) is 8.92. The number of likely N-dealkylation sites (N-methyl/N-ethyl adjacent to an activating group) is 1. The lowest BCUT2D eigenvalue weighted by atomic mass is 9.53. The lowest BCUT2D eigenvalue weighted by Gasteiger charge is -2.56. The first-order valence-electron chi connectivity index (χ1n) is 8.92. The average molecular weight is 381 g/mol. The molecule has 4 aliphatic rings. The summed E-state index contributed by atoms with van der Waals surface area (Å²) >= 11 is 0. The van der Waals surface area contributed by atoms with E-state index in [-0.39, 0.29) is 23.5 Å². The number of esters is 1. The summed E-state index contributed by atoms with van der Waals surface area (Å²) in [5, 5.41) is 10.5. The average Bonchev–Trinajstić information content (AvgIpc) is 2.96. The molecule has 1 spiro atoms. The zero-order valence-corrected chi connectivity index (χ0v) is 14.5. The highest BCUT2D eigenvalue weighted by molar-refractivity contribution is 5.79. The maximum atomic E-state index is 12.7. The van der Waals surface area contributed by atoms with Crippen LogP contribution < -0.4 is 9.47 Å². The summed E-state index contributed by atoms with van der Waals surface area (Å²) in [5.74, 6) is -2.25. The minimum atomic E-state index is -5.09. The maximum absolute atomic E-state index is 12.7. The van der Waals surface area contributed by atoms with Crippen LogP contribution in [0.25, 0.3) is 0 Å². The Labute approximate surface area is 153 Å². The first kappa shape index (κ1) is 17.1. The van der Waals surface area contributed by atoms with Crippen LogP contribution in [0.2, 0.25) is 0 Å². The molecule has 1 aromatic carbocycles. The molecule has 0 unspecified atom stereocenters. The van der Waals surface area contributed by atoms with Crippen LogP contribution in [0, 0.1) is 5.92 Å². The molecular formula is C19H18F3NO4. The van der Waals surface area contributed by atoms with Gasteiger partial charge >= 0.3 is 12.1 Å². The summed E-state index contributed by atoms with van der Waals surface area (Å²) in [5.41, 5.74) is 1.28. The van der Waals surface area contributed by atoms with Crippen molar-refractivity contribution < 1.29 is 32.5 Å². The van der Waals surface area contributed by atoms with Crippen LogP contribution in [0.15, 0.2) is 24.3 Å².